The van der Waals surface area contributed by atoms with Crippen molar-refractivity contribution in [3.05, 3.63) is 84.4 Å². The molecule has 0 fully saturated rings. The molecule has 0 aliphatic rings. The first kappa shape index (κ1) is 38.8. The summed E-state index contributed by atoms with van der Waals surface area (Å²) >= 11 is 0. The molecule has 0 aromatic heterocycles. The average molecular weight is 693 g/mol. The van der Waals surface area contributed by atoms with Crippen LogP contribution in [0.4, 0.5) is 4.79 Å². The minimum Gasteiger partial charge on any atom is -0.468 e. The Hall–Kier alpha value is -4.35. The number of carbonyl (C=O) groups is 3. The Morgan fingerprint density at radius 2 is 1.38 bits per heavy atom. The fourth-order valence-electron chi connectivity index (χ4n) is 3.70. The number of carbonyl (C=O) groups excluding carboxylic acids is 3. The molecule has 0 aliphatic heterocycles. The standard InChI is InChI=1S/C23H32N4O8S2.C8H8O2/c1-23(2,3)35-22(29)25-15-20(21(28)34-4)27-37(32,33)19-11-7-17(8-12-19)16-5-9-18(10-6-16)36(30,31)26-14-13-24;9-7-10-6-8-4-2-1-3-5-8/h5-12,20,26-27H,13-15,24H2,1-4H3,(H,25,29);1-5,7H,6H2/t20-;/m0./s1. The monoisotopic (exact) mass is 692 g/mol. The van der Waals surface area contributed by atoms with Gasteiger partial charge in [-0.1, -0.05) is 54.6 Å². The molecule has 3 aromatic carbocycles. The number of hydrogen-bond acceptors (Lipinski definition) is 11. The van der Waals surface area contributed by atoms with Crippen molar-refractivity contribution in [2.75, 3.05) is 26.7 Å². The molecule has 0 saturated carbocycles. The number of esters is 1. The Labute approximate surface area is 275 Å². The lowest BCUT2D eigenvalue weighted by Crippen LogP contribution is -2.49. The molecule has 5 N–H and O–H groups in total. The van der Waals surface area contributed by atoms with Gasteiger partial charge in [-0.25, -0.2) is 26.4 Å². The predicted octanol–water partition coefficient (Wildman–Crippen LogP) is 2.29. The maximum Gasteiger partial charge on any atom is 0.407 e. The third-order valence-corrected chi connectivity index (χ3v) is 8.86. The summed E-state index contributed by atoms with van der Waals surface area (Å²) in [4.78, 5) is 33.7. The SMILES string of the molecule is COC(=O)[C@H](CNC(=O)OC(C)(C)C)NS(=O)(=O)c1ccc(-c2ccc(S(=O)(=O)NCCN)cc2)cc1.O=COCc1ccccc1. The van der Waals surface area contributed by atoms with Crippen LogP contribution in [0.2, 0.25) is 0 Å². The van der Waals surface area contributed by atoms with Crippen molar-refractivity contribution in [1.29, 1.82) is 0 Å². The third kappa shape index (κ3) is 13.5. The van der Waals surface area contributed by atoms with Gasteiger partial charge < -0.3 is 25.3 Å². The maximum atomic E-state index is 12.9. The first-order chi connectivity index (χ1) is 22.1. The van der Waals surface area contributed by atoms with Gasteiger partial charge >= 0.3 is 12.1 Å². The highest BCUT2D eigenvalue weighted by Crippen LogP contribution is 2.23. The molecule has 0 aliphatic carbocycles. The Morgan fingerprint density at radius 1 is 0.851 bits per heavy atom. The van der Waals surface area contributed by atoms with E-state index in [0.717, 1.165) is 12.7 Å². The van der Waals surface area contributed by atoms with Crippen LogP contribution in [0.3, 0.4) is 0 Å². The number of methoxy groups -OCH3 is 1. The molecule has 0 unspecified atom stereocenters. The highest BCUT2D eigenvalue weighted by molar-refractivity contribution is 7.89. The topological polar surface area (TPSA) is 209 Å². The van der Waals surface area contributed by atoms with Crippen molar-refractivity contribution >= 4 is 38.6 Å². The van der Waals surface area contributed by atoms with Gasteiger partial charge in [0.05, 0.1) is 16.9 Å². The van der Waals surface area contributed by atoms with Gasteiger partial charge in [-0.2, -0.15) is 4.72 Å². The van der Waals surface area contributed by atoms with E-state index in [9.17, 15) is 31.2 Å². The summed E-state index contributed by atoms with van der Waals surface area (Å²) in [6.45, 7) is 5.69. The van der Waals surface area contributed by atoms with E-state index in [1.807, 2.05) is 30.3 Å². The summed E-state index contributed by atoms with van der Waals surface area (Å²) in [5, 5.41) is 2.34. The molecule has 3 rings (SSSR count). The highest BCUT2D eigenvalue weighted by atomic mass is 32.2. The molecule has 47 heavy (non-hydrogen) atoms. The van der Waals surface area contributed by atoms with Crippen LogP contribution >= 0.6 is 0 Å². The van der Waals surface area contributed by atoms with Gasteiger partial charge in [0, 0.05) is 19.6 Å². The van der Waals surface area contributed by atoms with E-state index in [1.165, 1.54) is 36.4 Å². The minimum atomic E-state index is -4.17. The second-order valence-electron chi connectivity index (χ2n) is 10.7. The van der Waals surface area contributed by atoms with Crippen LogP contribution < -0.4 is 20.5 Å². The quantitative estimate of drug-likeness (QED) is 0.109. The predicted molar refractivity (Wildman–Crippen MR) is 174 cm³/mol. The number of hydrogen-bond donors (Lipinski definition) is 4. The molecule has 0 bridgehead atoms. The van der Waals surface area contributed by atoms with Gasteiger partial charge in [0.1, 0.15) is 18.2 Å². The van der Waals surface area contributed by atoms with Crippen LogP contribution in [0, 0.1) is 0 Å². The Kier molecular flexibility index (Phi) is 15.0. The summed E-state index contributed by atoms with van der Waals surface area (Å²) in [5.74, 6) is -0.896. The molecule has 16 heteroatoms. The van der Waals surface area contributed by atoms with Crippen molar-refractivity contribution < 1.29 is 45.4 Å². The molecule has 0 radical (unpaired) electrons. The Bertz CT molecular complexity index is 1660. The summed E-state index contributed by atoms with van der Waals surface area (Å²) in [6.07, 6.45) is -0.820. The fraction of sp³-hybridized carbons (Fsp3) is 0.323. The molecule has 256 valence electrons. The van der Waals surface area contributed by atoms with E-state index >= 15 is 0 Å². The smallest absolute Gasteiger partial charge is 0.407 e. The van der Waals surface area contributed by atoms with E-state index in [-0.39, 0.29) is 22.9 Å². The second-order valence-corrected chi connectivity index (χ2v) is 14.2. The number of sulfonamides is 2. The average Bonchev–Trinajstić information content (AvgIpc) is 3.04. The lowest BCUT2D eigenvalue weighted by molar-refractivity contribution is -0.142. The normalized spacial score (nSPS) is 12.1. The van der Waals surface area contributed by atoms with Crippen LogP contribution in [0.1, 0.15) is 26.3 Å². The second kappa shape index (κ2) is 18.1. The molecule has 14 nitrogen and oxygen atoms in total. The van der Waals surface area contributed by atoms with Crippen molar-refractivity contribution in [2.24, 2.45) is 5.73 Å². The summed E-state index contributed by atoms with van der Waals surface area (Å²) in [5.41, 5.74) is 6.86. The van der Waals surface area contributed by atoms with Gasteiger partial charge in [-0.15, -0.1) is 0 Å². The van der Waals surface area contributed by atoms with E-state index in [1.54, 1.807) is 32.9 Å². The fourth-order valence-corrected chi connectivity index (χ4v) is 5.94. The van der Waals surface area contributed by atoms with E-state index in [2.05, 4.69) is 24.2 Å². The highest BCUT2D eigenvalue weighted by Gasteiger charge is 2.28. The summed E-state index contributed by atoms with van der Waals surface area (Å²) in [6, 6.07) is 19.9. The molecule has 1 amide bonds. The number of benzene rings is 3. The van der Waals surface area contributed by atoms with Crippen LogP contribution in [0.5, 0.6) is 0 Å². The number of nitrogens with one attached hydrogen (secondary N) is 3. The van der Waals surface area contributed by atoms with Gasteiger partial charge in [0.15, 0.2) is 0 Å². The van der Waals surface area contributed by atoms with E-state index in [4.69, 9.17) is 10.5 Å². The van der Waals surface area contributed by atoms with Gasteiger partial charge in [0.2, 0.25) is 20.0 Å². The zero-order valence-corrected chi connectivity index (χ0v) is 28.1. The Morgan fingerprint density at radius 3 is 1.85 bits per heavy atom. The van der Waals surface area contributed by atoms with Crippen LogP contribution in [-0.4, -0.2) is 73.8 Å². The zero-order chi connectivity index (χ0) is 35.1. The van der Waals surface area contributed by atoms with Gasteiger partial charge in [-0.05, 0) is 61.7 Å². The number of rotatable bonds is 14. The van der Waals surface area contributed by atoms with Crippen LogP contribution in [0.15, 0.2) is 88.7 Å². The van der Waals surface area contributed by atoms with Crippen LogP contribution in [-0.2, 0) is 50.5 Å². The molecule has 0 heterocycles. The maximum absolute atomic E-state index is 12.9. The summed E-state index contributed by atoms with van der Waals surface area (Å²) < 4.78 is 69.0. The first-order valence-corrected chi connectivity index (χ1v) is 17.1. The van der Waals surface area contributed by atoms with Gasteiger partial charge in [0.25, 0.3) is 6.47 Å². The Balaban J connectivity index is 0.000000651. The van der Waals surface area contributed by atoms with Crippen LogP contribution in [0.25, 0.3) is 11.1 Å². The lowest BCUT2D eigenvalue weighted by Gasteiger charge is -2.21. The molecular formula is C31H40N4O10S2. The van der Waals surface area contributed by atoms with E-state index in [0.29, 0.717) is 24.2 Å². The van der Waals surface area contributed by atoms with Crippen molar-refractivity contribution in [2.45, 2.75) is 48.8 Å². The number of ether oxygens (including phenoxy) is 3. The number of nitrogens with two attached hydrogens (primary N) is 1. The zero-order valence-electron chi connectivity index (χ0n) is 26.5. The summed E-state index contributed by atoms with van der Waals surface area (Å²) in [7, 11) is -6.76. The molecule has 3 aromatic rings. The molecular weight excluding hydrogens is 652 g/mol. The number of alkyl carbamates (subject to hydrolysis) is 1. The minimum absolute atomic E-state index is 0.0712. The van der Waals surface area contributed by atoms with Crippen molar-refractivity contribution in [3.63, 3.8) is 0 Å². The van der Waals surface area contributed by atoms with Gasteiger partial charge in [-0.3, -0.25) is 9.59 Å². The number of amides is 1. The molecule has 0 spiro atoms. The largest absolute Gasteiger partial charge is 0.468 e. The first-order valence-electron chi connectivity index (χ1n) is 14.2. The molecule has 0 saturated heterocycles. The van der Waals surface area contributed by atoms with Crippen molar-refractivity contribution in [3.8, 4) is 11.1 Å². The third-order valence-electron chi connectivity index (χ3n) is 5.89. The van der Waals surface area contributed by atoms with E-state index < -0.39 is 50.3 Å². The molecule has 1 atom stereocenters. The van der Waals surface area contributed by atoms with Crippen molar-refractivity contribution in [1.82, 2.24) is 14.8 Å². The lowest BCUT2D eigenvalue weighted by atomic mass is 10.1.